The van der Waals surface area contributed by atoms with Crippen LogP contribution in [0.3, 0.4) is 0 Å². The van der Waals surface area contributed by atoms with E-state index in [1.54, 1.807) is 0 Å². The molecule has 0 aromatic heterocycles. The third-order valence-electron chi connectivity index (χ3n) is 2.06. The number of hydrogen-bond acceptors (Lipinski definition) is 1. The molecule has 0 rings (SSSR count). The monoisotopic (exact) mass is 190 g/mol. The molecule has 0 unspecified atom stereocenters. The third kappa shape index (κ3) is 11.9. The Balaban J connectivity index is 2.76. The van der Waals surface area contributed by atoms with Crippen LogP contribution >= 0.6 is 0 Å². The normalized spacial score (nSPS) is 10.6. The van der Waals surface area contributed by atoms with Crippen molar-refractivity contribution in [2.45, 2.75) is 51.9 Å². The summed E-state index contributed by atoms with van der Waals surface area (Å²) in [5.74, 6) is 0. The van der Waals surface area contributed by atoms with E-state index in [2.05, 4.69) is 6.92 Å². The molecule has 0 spiro atoms. The molecule has 13 heavy (non-hydrogen) atoms. The Labute approximate surface area is 81.7 Å². The lowest BCUT2D eigenvalue weighted by Crippen LogP contribution is -1.97. The minimum atomic E-state index is -0.208. The van der Waals surface area contributed by atoms with Crippen molar-refractivity contribution in [1.29, 1.82) is 0 Å². The van der Waals surface area contributed by atoms with Gasteiger partial charge in [-0.3, -0.25) is 4.39 Å². The summed E-state index contributed by atoms with van der Waals surface area (Å²) in [4.78, 5) is 0. The Morgan fingerprint density at radius 1 is 0.846 bits per heavy atom. The van der Waals surface area contributed by atoms with Gasteiger partial charge in [0.15, 0.2) is 0 Å². The second kappa shape index (κ2) is 11.9. The van der Waals surface area contributed by atoms with E-state index in [0.717, 1.165) is 26.1 Å². The van der Waals surface area contributed by atoms with Crippen molar-refractivity contribution in [3.05, 3.63) is 0 Å². The zero-order valence-corrected chi connectivity index (χ0v) is 8.86. The quantitative estimate of drug-likeness (QED) is 0.477. The van der Waals surface area contributed by atoms with Crippen molar-refractivity contribution < 1.29 is 9.13 Å². The number of alkyl halides is 1. The highest BCUT2D eigenvalue weighted by Crippen LogP contribution is 2.02. The molecule has 0 saturated heterocycles. The zero-order chi connectivity index (χ0) is 9.78. The Bertz CT molecular complexity index is 76.2. The first kappa shape index (κ1) is 12.9. The van der Waals surface area contributed by atoms with Gasteiger partial charge in [-0.1, -0.05) is 32.6 Å². The molecule has 80 valence electrons. The van der Waals surface area contributed by atoms with Crippen LogP contribution in [0, 0.1) is 0 Å². The molecule has 0 heterocycles. The highest BCUT2D eigenvalue weighted by atomic mass is 19.1. The van der Waals surface area contributed by atoms with E-state index in [4.69, 9.17) is 4.74 Å². The third-order valence-corrected chi connectivity index (χ3v) is 2.06. The van der Waals surface area contributed by atoms with Crippen LogP contribution in [0.2, 0.25) is 0 Å². The number of rotatable bonds is 10. The molecule has 0 aromatic rings. The summed E-state index contributed by atoms with van der Waals surface area (Å²) in [6.07, 6.45) is 7.90. The van der Waals surface area contributed by atoms with E-state index in [1.165, 1.54) is 25.7 Å². The first-order valence-corrected chi connectivity index (χ1v) is 5.55. The van der Waals surface area contributed by atoms with E-state index in [1.807, 2.05) is 0 Å². The van der Waals surface area contributed by atoms with E-state index in [0.29, 0.717) is 6.42 Å². The number of hydrogen-bond donors (Lipinski definition) is 0. The van der Waals surface area contributed by atoms with Crippen molar-refractivity contribution in [3.8, 4) is 0 Å². The van der Waals surface area contributed by atoms with Crippen molar-refractivity contribution in [2.24, 2.45) is 0 Å². The SMILES string of the molecule is CCCCCCCOCCCCF. The molecular weight excluding hydrogens is 167 g/mol. The van der Waals surface area contributed by atoms with Gasteiger partial charge in [-0.15, -0.1) is 0 Å². The van der Waals surface area contributed by atoms with Crippen LogP contribution in [-0.2, 0) is 4.74 Å². The largest absolute Gasteiger partial charge is 0.381 e. The van der Waals surface area contributed by atoms with Gasteiger partial charge < -0.3 is 4.74 Å². The fourth-order valence-corrected chi connectivity index (χ4v) is 1.21. The van der Waals surface area contributed by atoms with E-state index >= 15 is 0 Å². The van der Waals surface area contributed by atoms with Gasteiger partial charge in [-0.05, 0) is 19.3 Å². The summed E-state index contributed by atoms with van der Waals surface area (Å²) in [6.45, 7) is 3.60. The van der Waals surface area contributed by atoms with Crippen molar-refractivity contribution in [2.75, 3.05) is 19.9 Å². The summed E-state index contributed by atoms with van der Waals surface area (Å²) < 4.78 is 17.0. The van der Waals surface area contributed by atoms with Crippen LogP contribution in [0.1, 0.15) is 51.9 Å². The molecule has 0 saturated carbocycles. The summed E-state index contributed by atoms with van der Waals surface area (Å²) in [7, 11) is 0. The number of halogens is 1. The Hall–Kier alpha value is -0.110. The molecule has 1 nitrogen and oxygen atoms in total. The Morgan fingerprint density at radius 2 is 1.46 bits per heavy atom. The van der Waals surface area contributed by atoms with Crippen molar-refractivity contribution >= 4 is 0 Å². The zero-order valence-electron chi connectivity index (χ0n) is 8.86. The van der Waals surface area contributed by atoms with Gasteiger partial charge in [0.25, 0.3) is 0 Å². The maximum absolute atomic E-state index is 11.7. The second-order valence-electron chi connectivity index (χ2n) is 3.42. The van der Waals surface area contributed by atoms with Gasteiger partial charge in [-0.2, -0.15) is 0 Å². The van der Waals surface area contributed by atoms with Crippen LogP contribution < -0.4 is 0 Å². The van der Waals surface area contributed by atoms with Gasteiger partial charge in [0, 0.05) is 13.2 Å². The standard InChI is InChI=1S/C11H23FO/c1-2-3-4-5-7-10-13-11-8-6-9-12/h2-11H2,1H3. The predicted molar refractivity (Wildman–Crippen MR) is 54.8 cm³/mol. The van der Waals surface area contributed by atoms with E-state index in [9.17, 15) is 4.39 Å². The lowest BCUT2D eigenvalue weighted by atomic mass is 10.2. The minimum Gasteiger partial charge on any atom is -0.381 e. The molecule has 0 fully saturated rings. The number of ether oxygens (including phenoxy) is 1. The molecule has 2 heteroatoms. The van der Waals surface area contributed by atoms with Crippen molar-refractivity contribution in [3.63, 3.8) is 0 Å². The lowest BCUT2D eigenvalue weighted by molar-refractivity contribution is 0.124. The van der Waals surface area contributed by atoms with Crippen LogP contribution in [0.15, 0.2) is 0 Å². The fourth-order valence-electron chi connectivity index (χ4n) is 1.21. The maximum atomic E-state index is 11.7. The molecule has 0 aromatic carbocycles. The Morgan fingerprint density at radius 3 is 2.08 bits per heavy atom. The first-order valence-electron chi connectivity index (χ1n) is 5.55. The first-order chi connectivity index (χ1) is 6.41. The molecule has 0 bridgehead atoms. The second-order valence-corrected chi connectivity index (χ2v) is 3.42. The van der Waals surface area contributed by atoms with Gasteiger partial charge in [0.2, 0.25) is 0 Å². The molecule has 0 aliphatic rings. The lowest BCUT2D eigenvalue weighted by Gasteiger charge is -2.02. The number of unbranched alkanes of at least 4 members (excludes halogenated alkanes) is 5. The minimum absolute atomic E-state index is 0.208. The smallest absolute Gasteiger partial charge is 0.0895 e. The highest BCUT2D eigenvalue weighted by molar-refractivity contribution is 4.42. The van der Waals surface area contributed by atoms with Crippen LogP contribution in [0.5, 0.6) is 0 Å². The Kier molecular flexibility index (Phi) is 11.8. The molecule has 0 aliphatic carbocycles. The van der Waals surface area contributed by atoms with E-state index in [-0.39, 0.29) is 6.67 Å². The van der Waals surface area contributed by atoms with Gasteiger partial charge in [-0.25, -0.2) is 0 Å². The summed E-state index contributed by atoms with van der Waals surface area (Å²) in [5, 5.41) is 0. The highest BCUT2D eigenvalue weighted by Gasteiger charge is 1.90. The molecule has 0 aliphatic heterocycles. The summed E-state index contributed by atoms with van der Waals surface area (Å²) >= 11 is 0. The van der Waals surface area contributed by atoms with Gasteiger partial charge in [0.05, 0.1) is 6.67 Å². The molecule has 0 amide bonds. The topological polar surface area (TPSA) is 9.23 Å². The van der Waals surface area contributed by atoms with Crippen LogP contribution in [0.25, 0.3) is 0 Å². The summed E-state index contributed by atoms with van der Waals surface area (Å²) in [6, 6.07) is 0. The van der Waals surface area contributed by atoms with Crippen LogP contribution in [-0.4, -0.2) is 19.9 Å². The van der Waals surface area contributed by atoms with Gasteiger partial charge in [0.1, 0.15) is 0 Å². The summed E-state index contributed by atoms with van der Waals surface area (Å²) in [5.41, 5.74) is 0. The average molecular weight is 190 g/mol. The average Bonchev–Trinajstić information content (AvgIpc) is 2.16. The van der Waals surface area contributed by atoms with Crippen LogP contribution in [0.4, 0.5) is 4.39 Å². The van der Waals surface area contributed by atoms with Crippen molar-refractivity contribution in [1.82, 2.24) is 0 Å². The molecule has 0 radical (unpaired) electrons. The maximum Gasteiger partial charge on any atom is 0.0895 e. The fraction of sp³-hybridized carbons (Fsp3) is 1.00. The predicted octanol–water partition coefficient (Wildman–Crippen LogP) is 3.72. The van der Waals surface area contributed by atoms with E-state index < -0.39 is 0 Å². The van der Waals surface area contributed by atoms with Gasteiger partial charge >= 0.3 is 0 Å². The molecular formula is C11H23FO. The molecule has 0 atom stereocenters. The molecule has 0 N–H and O–H groups in total.